The van der Waals surface area contributed by atoms with Crippen LogP contribution in [0.1, 0.15) is 13.3 Å². The van der Waals surface area contributed by atoms with E-state index in [9.17, 15) is 22.8 Å². The van der Waals surface area contributed by atoms with Crippen LogP contribution in [0.3, 0.4) is 0 Å². The summed E-state index contributed by atoms with van der Waals surface area (Å²) >= 11 is 0. The van der Waals surface area contributed by atoms with Crippen LogP contribution in [0.15, 0.2) is 0 Å². The number of carbonyl (C=O) groups excluding carboxylic acids is 1. The van der Waals surface area contributed by atoms with E-state index in [-0.39, 0.29) is 19.7 Å². The van der Waals surface area contributed by atoms with E-state index < -0.39 is 36.7 Å². The number of urea groups is 1. The molecule has 1 heterocycles. The highest BCUT2D eigenvalue weighted by atomic mass is 19.4. The van der Waals surface area contributed by atoms with Gasteiger partial charge in [0.2, 0.25) is 0 Å². The lowest BCUT2D eigenvalue weighted by molar-refractivity contribution is -0.154. The van der Waals surface area contributed by atoms with Gasteiger partial charge in [-0.25, -0.2) is 9.59 Å². The van der Waals surface area contributed by atoms with Crippen molar-refractivity contribution in [1.82, 2.24) is 10.2 Å². The Balaban J connectivity index is 2.47. The number of carboxylic acids is 1. The number of morpholine rings is 1. The molecule has 2 N–H and O–H groups in total. The standard InChI is InChI=1S/C10H15F3N2O4/c1-6(4-10(11,12)13)14-9(18)15-2-3-19-7(5-15)8(16)17/h6-7H,2-5H2,1H3,(H,14,18)(H,16,17). The van der Waals surface area contributed by atoms with Gasteiger partial charge < -0.3 is 20.1 Å². The van der Waals surface area contributed by atoms with Crippen molar-refractivity contribution in [2.45, 2.75) is 31.7 Å². The number of aliphatic carboxylic acids is 1. The lowest BCUT2D eigenvalue weighted by Crippen LogP contribution is -2.53. The number of nitrogens with one attached hydrogen (secondary N) is 1. The fraction of sp³-hybridized carbons (Fsp3) is 0.800. The zero-order valence-electron chi connectivity index (χ0n) is 10.2. The van der Waals surface area contributed by atoms with Gasteiger partial charge in [-0.05, 0) is 6.92 Å². The maximum atomic E-state index is 12.1. The number of hydrogen-bond acceptors (Lipinski definition) is 3. The van der Waals surface area contributed by atoms with Gasteiger partial charge in [0.1, 0.15) is 0 Å². The zero-order chi connectivity index (χ0) is 14.6. The zero-order valence-corrected chi connectivity index (χ0v) is 10.2. The minimum absolute atomic E-state index is 0.0397. The molecule has 1 aliphatic heterocycles. The van der Waals surface area contributed by atoms with Crippen LogP contribution in [0.25, 0.3) is 0 Å². The van der Waals surface area contributed by atoms with E-state index in [1.807, 2.05) is 0 Å². The van der Waals surface area contributed by atoms with Crippen LogP contribution < -0.4 is 5.32 Å². The number of hydrogen-bond donors (Lipinski definition) is 2. The molecule has 2 amide bonds. The van der Waals surface area contributed by atoms with Crippen molar-refractivity contribution in [3.63, 3.8) is 0 Å². The second-order valence-electron chi connectivity index (χ2n) is 4.31. The molecule has 0 saturated carbocycles. The number of amides is 2. The van der Waals surface area contributed by atoms with Crippen LogP contribution in [0.4, 0.5) is 18.0 Å². The van der Waals surface area contributed by atoms with Crippen LogP contribution in [-0.4, -0.2) is 60.0 Å². The summed E-state index contributed by atoms with van der Waals surface area (Å²) in [4.78, 5) is 23.5. The van der Waals surface area contributed by atoms with Crippen molar-refractivity contribution in [3.8, 4) is 0 Å². The van der Waals surface area contributed by atoms with E-state index in [0.717, 1.165) is 4.90 Å². The maximum absolute atomic E-state index is 12.1. The molecule has 0 bridgehead atoms. The lowest BCUT2D eigenvalue weighted by Gasteiger charge is -2.31. The third-order valence-corrected chi connectivity index (χ3v) is 2.54. The maximum Gasteiger partial charge on any atom is 0.391 e. The first-order chi connectivity index (χ1) is 8.69. The van der Waals surface area contributed by atoms with Gasteiger partial charge in [-0.2, -0.15) is 13.2 Å². The lowest BCUT2D eigenvalue weighted by atomic mass is 10.2. The Morgan fingerprint density at radius 2 is 2.16 bits per heavy atom. The molecular weight excluding hydrogens is 269 g/mol. The molecule has 2 unspecified atom stereocenters. The molecule has 1 saturated heterocycles. The van der Waals surface area contributed by atoms with Crippen LogP contribution in [0.2, 0.25) is 0 Å². The second kappa shape index (κ2) is 6.09. The van der Waals surface area contributed by atoms with E-state index in [0.29, 0.717) is 0 Å². The highest BCUT2D eigenvalue weighted by Gasteiger charge is 2.33. The SMILES string of the molecule is CC(CC(F)(F)F)NC(=O)N1CCOC(C(=O)O)C1. The molecule has 1 fully saturated rings. The van der Waals surface area contributed by atoms with Gasteiger partial charge in [-0.3, -0.25) is 0 Å². The van der Waals surface area contributed by atoms with Crippen LogP contribution in [0, 0.1) is 0 Å². The van der Waals surface area contributed by atoms with E-state index in [1.165, 1.54) is 6.92 Å². The van der Waals surface area contributed by atoms with Crippen molar-refractivity contribution in [2.24, 2.45) is 0 Å². The Morgan fingerprint density at radius 3 is 2.68 bits per heavy atom. The summed E-state index contributed by atoms with van der Waals surface area (Å²) in [5.74, 6) is -1.21. The average molecular weight is 284 g/mol. The summed E-state index contributed by atoms with van der Waals surface area (Å²) in [6.07, 6.45) is -6.63. The molecule has 0 spiro atoms. The fourth-order valence-electron chi connectivity index (χ4n) is 1.68. The van der Waals surface area contributed by atoms with Gasteiger partial charge in [0, 0.05) is 12.6 Å². The van der Waals surface area contributed by atoms with Crippen molar-refractivity contribution in [2.75, 3.05) is 19.7 Å². The highest BCUT2D eigenvalue weighted by molar-refractivity contribution is 5.77. The average Bonchev–Trinajstić information content (AvgIpc) is 2.26. The predicted molar refractivity (Wildman–Crippen MR) is 57.6 cm³/mol. The van der Waals surface area contributed by atoms with Gasteiger partial charge in [-0.1, -0.05) is 0 Å². The van der Waals surface area contributed by atoms with Crippen molar-refractivity contribution in [3.05, 3.63) is 0 Å². The number of carboxylic acid groups (broad SMARTS) is 1. The normalized spacial score (nSPS) is 21.9. The molecule has 0 aromatic rings. The van der Waals surface area contributed by atoms with E-state index in [2.05, 4.69) is 5.32 Å². The summed E-state index contributed by atoms with van der Waals surface area (Å²) in [5, 5.41) is 10.9. The number of rotatable bonds is 3. The molecule has 0 radical (unpaired) electrons. The first kappa shape index (κ1) is 15.5. The second-order valence-corrected chi connectivity index (χ2v) is 4.31. The fourth-order valence-corrected chi connectivity index (χ4v) is 1.68. The summed E-state index contributed by atoms with van der Waals surface area (Å²) in [6.45, 7) is 1.24. The monoisotopic (exact) mass is 284 g/mol. The van der Waals surface area contributed by atoms with E-state index in [1.54, 1.807) is 0 Å². The van der Waals surface area contributed by atoms with Gasteiger partial charge in [0.25, 0.3) is 0 Å². The topological polar surface area (TPSA) is 78.9 Å². The van der Waals surface area contributed by atoms with Gasteiger partial charge in [0.15, 0.2) is 6.10 Å². The largest absolute Gasteiger partial charge is 0.479 e. The third kappa shape index (κ3) is 5.33. The molecule has 1 aliphatic rings. The Kier molecular flexibility index (Phi) is 4.98. The summed E-state index contributed by atoms with van der Waals surface area (Å²) < 4.78 is 41.2. The Bertz CT molecular complexity index is 348. The minimum atomic E-state index is -4.36. The summed E-state index contributed by atoms with van der Waals surface area (Å²) in [6, 6.07) is -1.79. The van der Waals surface area contributed by atoms with E-state index >= 15 is 0 Å². The van der Waals surface area contributed by atoms with Gasteiger partial charge in [-0.15, -0.1) is 0 Å². The van der Waals surface area contributed by atoms with E-state index in [4.69, 9.17) is 9.84 Å². The molecule has 0 aromatic carbocycles. The number of alkyl halides is 3. The first-order valence-corrected chi connectivity index (χ1v) is 5.65. The van der Waals surface area contributed by atoms with Gasteiger partial charge in [0.05, 0.1) is 19.6 Å². The van der Waals surface area contributed by atoms with Crippen molar-refractivity contribution in [1.29, 1.82) is 0 Å². The molecule has 1 rings (SSSR count). The molecule has 19 heavy (non-hydrogen) atoms. The quantitative estimate of drug-likeness (QED) is 0.804. The Hall–Kier alpha value is -1.51. The minimum Gasteiger partial charge on any atom is -0.479 e. The Morgan fingerprint density at radius 1 is 1.53 bits per heavy atom. The molecule has 110 valence electrons. The van der Waals surface area contributed by atoms with Crippen LogP contribution >= 0.6 is 0 Å². The summed E-state index contributed by atoms with van der Waals surface area (Å²) in [5.41, 5.74) is 0. The van der Waals surface area contributed by atoms with Crippen LogP contribution in [0.5, 0.6) is 0 Å². The molecule has 0 aromatic heterocycles. The van der Waals surface area contributed by atoms with Crippen molar-refractivity contribution < 1.29 is 32.6 Å². The number of halogens is 3. The predicted octanol–water partition coefficient (Wildman–Crippen LogP) is 0.822. The third-order valence-electron chi connectivity index (χ3n) is 2.54. The van der Waals surface area contributed by atoms with Crippen LogP contribution in [-0.2, 0) is 9.53 Å². The number of nitrogens with zero attached hydrogens (tertiary/aromatic N) is 1. The number of carbonyl (C=O) groups is 2. The molecule has 2 atom stereocenters. The molecule has 6 nitrogen and oxygen atoms in total. The van der Waals surface area contributed by atoms with Crippen molar-refractivity contribution >= 4 is 12.0 Å². The number of ether oxygens (including phenoxy) is 1. The molecule has 0 aliphatic carbocycles. The molecule has 9 heteroatoms. The van der Waals surface area contributed by atoms with Gasteiger partial charge >= 0.3 is 18.2 Å². The first-order valence-electron chi connectivity index (χ1n) is 5.65. The highest BCUT2D eigenvalue weighted by Crippen LogP contribution is 2.21. The smallest absolute Gasteiger partial charge is 0.391 e. The Labute approximate surface area is 107 Å². The summed E-state index contributed by atoms with van der Waals surface area (Å²) in [7, 11) is 0. The molecular formula is C10H15F3N2O4.